The molecule has 10 aliphatic rings. The van der Waals surface area contributed by atoms with Crippen molar-refractivity contribution in [2.24, 2.45) is 46.3 Å². The number of amides is 4. The molecule has 8 aliphatic carbocycles. The Hall–Kier alpha value is -3.76. The normalized spacial score (nSPS) is 39.0. The van der Waals surface area contributed by atoms with Crippen molar-refractivity contribution in [1.29, 1.82) is 0 Å². The number of aliphatic hydroxyl groups excluding tert-OH is 2. The molecule has 2 saturated heterocycles. The Balaban J connectivity index is 0.000000146. The number of nitrogens with zero attached hydrogens (tertiary/aromatic N) is 2. The zero-order valence-corrected chi connectivity index (χ0v) is 32.7. The van der Waals surface area contributed by atoms with Gasteiger partial charge in [0.25, 0.3) is 11.8 Å². The Morgan fingerprint density at radius 2 is 0.893 bits per heavy atom. The van der Waals surface area contributed by atoms with Crippen molar-refractivity contribution in [2.45, 2.75) is 114 Å². The number of rotatable bonds is 6. The first-order valence-corrected chi connectivity index (χ1v) is 21.7. The molecule has 4 unspecified atom stereocenters. The van der Waals surface area contributed by atoms with Gasteiger partial charge in [0.05, 0.1) is 23.0 Å². The average molecular weight is 765 g/mol. The number of benzene rings is 2. The van der Waals surface area contributed by atoms with Crippen LogP contribution in [0.25, 0.3) is 0 Å². The Labute approximate surface area is 331 Å². The minimum Gasteiger partial charge on any atom is -0.393 e. The van der Waals surface area contributed by atoms with Gasteiger partial charge in [0.15, 0.2) is 0 Å². The van der Waals surface area contributed by atoms with E-state index in [4.69, 9.17) is 0 Å². The third-order valence-corrected chi connectivity index (χ3v) is 15.5. The first-order valence-electron chi connectivity index (χ1n) is 21.7. The van der Waals surface area contributed by atoms with Crippen LogP contribution in [0.1, 0.15) is 111 Å². The molecule has 56 heavy (non-hydrogen) atoms. The highest BCUT2D eigenvalue weighted by Gasteiger charge is 2.59. The fourth-order valence-electron chi connectivity index (χ4n) is 13.3. The Bertz CT molecular complexity index is 1630. The molecule has 2 aliphatic heterocycles. The molecule has 4 N–H and O–H groups in total. The summed E-state index contributed by atoms with van der Waals surface area (Å²) in [6.45, 7) is 2.69. The highest BCUT2D eigenvalue weighted by molar-refractivity contribution is 5.95. The van der Waals surface area contributed by atoms with E-state index in [-0.39, 0.29) is 58.8 Å². The minimum atomic E-state index is -0.276. The van der Waals surface area contributed by atoms with Crippen molar-refractivity contribution in [2.75, 3.05) is 26.2 Å². The van der Waals surface area contributed by atoms with E-state index in [0.717, 1.165) is 103 Å². The van der Waals surface area contributed by atoms with Gasteiger partial charge in [-0.1, -0.05) is 36.4 Å². The Kier molecular flexibility index (Phi) is 10.3. The lowest BCUT2D eigenvalue weighted by atomic mass is 9.48. The second-order valence-electron chi connectivity index (χ2n) is 19.3. The summed E-state index contributed by atoms with van der Waals surface area (Å²) in [6.07, 6.45) is 13.0. The first kappa shape index (κ1) is 37.8. The largest absolute Gasteiger partial charge is 0.393 e. The van der Waals surface area contributed by atoms with Gasteiger partial charge in [-0.15, -0.1) is 0 Å². The standard InChI is InChI=1S/2C23H30N2O3/c2*26-20-17-9-15-10-18(20)13-23(11-15,12-17)22(28)24-19-7-4-8-25(14-19)21(27)16-5-2-1-3-6-16/h2*1-3,5-6,15,17-20,26H,4,7-14H2,(H,24,28)/t2*15?,17?,18?,19-,20?,23?/m00/s1. The molecular weight excluding hydrogens is 705 g/mol. The molecule has 8 bridgehead atoms. The van der Waals surface area contributed by atoms with Crippen molar-refractivity contribution >= 4 is 23.6 Å². The molecule has 12 rings (SSSR count). The SMILES string of the molecule is O=C(c1ccccc1)N1CCC[C@H](NC(=O)C23CC4CC(C2)C(O)C(C4)C3)C1.O=C(c1ccccc1)N1CCC[C@H](NC(=O)C23CC4CC(C2)C(O)C(C4)C3)C1. The van der Waals surface area contributed by atoms with Gasteiger partial charge in [-0.25, -0.2) is 0 Å². The van der Waals surface area contributed by atoms with Crippen LogP contribution >= 0.6 is 0 Å². The molecule has 6 atom stereocenters. The van der Waals surface area contributed by atoms with Crippen LogP contribution in [0.4, 0.5) is 0 Å². The zero-order chi connectivity index (χ0) is 38.6. The van der Waals surface area contributed by atoms with Gasteiger partial charge in [0.2, 0.25) is 11.8 Å². The van der Waals surface area contributed by atoms with Gasteiger partial charge in [-0.2, -0.15) is 0 Å². The van der Waals surface area contributed by atoms with Crippen LogP contribution in [0.5, 0.6) is 0 Å². The van der Waals surface area contributed by atoms with Crippen molar-refractivity contribution in [3.63, 3.8) is 0 Å². The molecule has 10 fully saturated rings. The van der Waals surface area contributed by atoms with Gasteiger partial charge in [-0.05, 0) is 150 Å². The number of hydrogen-bond acceptors (Lipinski definition) is 6. The summed E-state index contributed by atoms with van der Waals surface area (Å²) >= 11 is 0. The van der Waals surface area contributed by atoms with E-state index in [0.29, 0.717) is 59.7 Å². The van der Waals surface area contributed by atoms with Crippen molar-refractivity contribution in [3.8, 4) is 0 Å². The van der Waals surface area contributed by atoms with E-state index < -0.39 is 0 Å². The van der Waals surface area contributed by atoms with Crippen molar-refractivity contribution in [3.05, 3.63) is 71.8 Å². The molecule has 2 aromatic carbocycles. The second-order valence-corrected chi connectivity index (χ2v) is 19.3. The summed E-state index contributed by atoms with van der Waals surface area (Å²) < 4.78 is 0. The summed E-state index contributed by atoms with van der Waals surface area (Å²) in [7, 11) is 0. The fraction of sp³-hybridized carbons (Fsp3) is 0.652. The maximum Gasteiger partial charge on any atom is 0.253 e. The van der Waals surface area contributed by atoms with E-state index in [1.165, 1.54) is 0 Å². The summed E-state index contributed by atoms with van der Waals surface area (Å²) in [5.74, 6) is 2.90. The lowest BCUT2D eigenvalue weighted by Crippen LogP contribution is -2.60. The number of piperidine rings is 2. The number of aliphatic hydroxyl groups is 2. The zero-order valence-electron chi connectivity index (χ0n) is 32.7. The van der Waals surface area contributed by atoms with Gasteiger partial charge < -0.3 is 30.6 Å². The van der Waals surface area contributed by atoms with Gasteiger partial charge in [-0.3, -0.25) is 19.2 Å². The molecule has 8 saturated carbocycles. The highest BCUT2D eigenvalue weighted by Crippen LogP contribution is 2.61. The molecule has 10 heteroatoms. The van der Waals surface area contributed by atoms with E-state index in [9.17, 15) is 29.4 Å². The second kappa shape index (κ2) is 15.2. The van der Waals surface area contributed by atoms with Crippen molar-refractivity contribution < 1.29 is 29.4 Å². The van der Waals surface area contributed by atoms with Crippen LogP contribution in [0, 0.1) is 46.3 Å². The summed E-state index contributed by atoms with van der Waals surface area (Å²) in [4.78, 5) is 56.0. The smallest absolute Gasteiger partial charge is 0.253 e. The van der Waals surface area contributed by atoms with Crippen LogP contribution in [-0.2, 0) is 9.59 Å². The maximum absolute atomic E-state index is 13.3. The molecule has 300 valence electrons. The molecule has 10 nitrogen and oxygen atoms in total. The quantitative estimate of drug-likeness (QED) is 0.320. The average Bonchev–Trinajstić information content (AvgIpc) is 3.21. The molecule has 0 spiro atoms. The predicted octanol–water partition coefficient (Wildman–Crippen LogP) is 5.19. The maximum atomic E-state index is 13.3. The van der Waals surface area contributed by atoms with Crippen LogP contribution in [0.15, 0.2) is 60.7 Å². The molecule has 2 heterocycles. The number of carbonyl (C=O) groups is 4. The Morgan fingerprint density at radius 1 is 0.536 bits per heavy atom. The van der Waals surface area contributed by atoms with E-state index >= 15 is 0 Å². The summed E-state index contributed by atoms with van der Waals surface area (Å²) in [6, 6.07) is 18.9. The number of nitrogens with one attached hydrogen (secondary N) is 2. The topological polar surface area (TPSA) is 139 Å². The number of carbonyl (C=O) groups excluding carboxylic acids is 4. The molecule has 0 aromatic heterocycles. The highest BCUT2D eigenvalue weighted by atomic mass is 16.3. The van der Waals surface area contributed by atoms with E-state index in [1.54, 1.807) is 0 Å². The van der Waals surface area contributed by atoms with E-state index in [2.05, 4.69) is 10.6 Å². The molecule has 4 amide bonds. The molecule has 0 radical (unpaired) electrons. The van der Waals surface area contributed by atoms with Crippen LogP contribution in [-0.4, -0.2) is 94.1 Å². The minimum absolute atomic E-state index is 0.0341. The molecular formula is C46H60N4O6. The van der Waals surface area contributed by atoms with Gasteiger partial charge in [0, 0.05) is 49.4 Å². The molecule has 2 aromatic rings. The lowest BCUT2D eigenvalue weighted by molar-refractivity contribution is -0.164. The van der Waals surface area contributed by atoms with Gasteiger partial charge in [0.1, 0.15) is 0 Å². The first-order chi connectivity index (χ1) is 27.1. The van der Waals surface area contributed by atoms with E-state index in [1.807, 2.05) is 70.5 Å². The lowest BCUT2D eigenvalue weighted by Gasteiger charge is -2.58. The predicted molar refractivity (Wildman–Crippen MR) is 211 cm³/mol. The van der Waals surface area contributed by atoms with Gasteiger partial charge >= 0.3 is 0 Å². The Morgan fingerprint density at radius 3 is 1.25 bits per heavy atom. The third-order valence-electron chi connectivity index (χ3n) is 15.5. The van der Waals surface area contributed by atoms with Crippen LogP contribution in [0.3, 0.4) is 0 Å². The fourth-order valence-corrected chi connectivity index (χ4v) is 13.3. The summed E-state index contributed by atoms with van der Waals surface area (Å²) in [5.41, 5.74) is 0.872. The number of hydrogen-bond donors (Lipinski definition) is 4. The van der Waals surface area contributed by atoms with Crippen molar-refractivity contribution in [1.82, 2.24) is 20.4 Å². The third kappa shape index (κ3) is 7.18. The van der Waals surface area contributed by atoms with Crippen LogP contribution < -0.4 is 10.6 Å². The monoisotopic (exact) mass is 764 g/mol. The number of likely N-dealkylation sites (tertiary alicyclic amines) is 2. The summed E-state index contributed by atoms with van der Waals surface area (Å²) in [5, 5.41) is 27.6. The van der Waals surface area contributed by atoms with Crippen LogP contribution in [0.2, 0.25) is 0 Å².